The predicted octanol–water partition coefficient (Wildman–Crippen LogP) is 4.28. The predicted molar refractivity (Wildman–Crippen MR) is 121 cm³/mol. The molecule has 3 aromatic rings. The van der Waals surface area contributed by atoms with E-state index in [2.05, 4.69) is 10.5 Å². The van der Waals surface area contributed by atoms with Crippen LogP contribution in [0.15, 0.2) is 71.8 Å². The Balaban J connectivity index is 1.58. The molecule has 0 radical (unpaired) electrons. The minimum absolute atomic E-state index is 0.178. The molecule has 0 fully saturated rings. The zero-order valence-electron chi connectivity index (χ0n) is 18.2. The minimum Gasteiger partial charge on any atom is -0.490 e. The van der Waals surface area contributed by atoms with Crippen LogP contribution in [0.3, 0.4) is 0 Å². The smallest absolute Gasteiger partial charge is 0.343 e. The average molecular weight is 450 g/mol. The maximum Gasteiger partial charge on any atom is 0.343 e. The first-order valence-corrected chi connectivity index (χ1v) is 10.2. The molecule has 1 amide bonds. The Kier molecular flexibility index (Phi) is 8.13. The summed E-state index contributed by atoms with van der Waals surface area (Å²) < 4.78 is 29.4. The largest absolute Gasteiger partial charge is 0.490 e. The van der Waals surface area contributed by atoms with E-state index >= 15 is 0 Å². The van der Waals surface area contributed by atoms with Crippen LogP contribution < -0.4 is 19.6 Å². The Morgan fingerprint density at radius 3 is 2.39 bits per heavy atom. The Morgan fingerprint density at radius 1 is 0.970 bits per heavy atom. The van der Waals surface area contributed by atoms with Crippen LogP contribution in [0.2, 0.25) is 0 Å². The first-order chi connectivity index (χ1) is 15.9. The molecule has 3 aromatic carbocycles. The number of hydrogen-bond donors (Lipinski definition) is 1. The Hall–Kier alpha value is -4.20. The number of ether oxygens (including phenoxy) is 3. The molecule has 0 aliphatic heterocycles. The summed E-state index contributed by atoms with van der Waals surface area (Å²) >= 11 is 0. The number of benzene rings is 3. The van der Waals surface area contributed by atoms with Crippen molar-refractivity contribution >= 4 is 18.1 Å². The molecule has 1 N–H and O–H groups in total. The number of hydrazone groups is 1. The number of halogens is 1. The lowest BCUT2D eigenvalue weighted by atomic mass is 10.2. The van der Waals surface area contributed by atoms with E-state index in [1.54, 1.807) is 37.3 Å². The molecule has 0 heterocycles. The van der Waals surface area contributed by atoms with Crippen molar-refractivity contribution in [2.24, 2.45) is 5.10 Å². The number of amides is 1. The highest BCUT2D eigenvalue weighted by atomic mass is 19.1. The molecule has 0 spiro atoms. The number of carbonyl (C=O) groups is 2. The van der Waals surface area contributed by atoms with Gasteiger partial charge in [-0.3, -0.25) is 4.79 Å². The van der Waals surface area contributed by atoms with E-state index in [4.69, 9.17) is 14.2 Å². The molecule has 0 bridgehead atoms. The monoisotopic (exact) mass is 450 g/mol. The van der Waals surface area contributed by atoms with Crippen molar-refractivity contribution in [3.05, 3.63) is 89.2 Å². The van der Waals surface area contributed by atoms with Gasteiger partial charge < -0.3 is 14.2 Å². The molecular weight excluding hydrogens is 427 g/mol. The van der Waals surface area contributed by atoms with E-state index in [1.807, 2.05) is 19.1 Å². The molecule has 0 atom stereocenters. The SMILES string of the molecule is CCOc1cc(/C=N\NC(=O)COc2ccc(C)cc2)ccc1OC(=O)c1ccc(F)cc1. The molecule has 8 heteroatoms. The molecule has 7 nitrogen and oxygen atoms in total. The highest BCUT2D eigenvalue weighted by Gasteiger charge is 2.13. The minimum atomic E-state index is -0.641. The number of hydrogen-bond acceptors (Lipinski definition) is 6. The lowest BCUT2D eigenvalue weighted by molar-refractivity contribution is -0.123. The van der Waals surface area contributed by atoms with Crippen LogP contribution in [0.25, 0.3) is 0 Å². The Morgan fingerprint density at radius 2 is 1.70 bits per heavy atom. The van der Waals surface area contributed by atoms with Crippen molar-refractivity contribution in [2.45, 2.75) is 13.8 Å². The summed E-state index contributed by atoms with van der Waals surface area (Å²) in [6, 6.07) is 17.2. The van der Waals surface area contributed by atoms with Crippen LogP contribution >= 0.6 is 0 Å². The van der Waals surface area contributed by atoms with Crippen LogP contribution in [0.4, 0.5) is 4.39 Å². The van der Waals surface area contributed by atoms with Crippen molar-refractivity contribution in [3.63, 3.8) is 0 Å². The molecule has 170 valence electrons. The number of carbonyl (C=O) groups excluding carboxylic acids is 2. The lowest BCUT2D eigenvalue weighted by Gasteiger charge is -2.11. The van der Waals surface area contributed by atoms with E-state index in [1.165, 1.54) is 30.5 Å². The molecule has 0 aliphatic rings. The fraction of sp³-hybridized carbons (Fsp3) is 0.160. The average Bonchev–Trinajstić information content (AvgIpc) is 2.81. The molecule has 0 saturated carbocycles. The molecule has 0 aliphatic carbocycles. The lowest BCUT2D eigenvalue weighted by Crippen LogP contribution is -2.24. The zero-order chi connectivity index (χ0) is 23.6. The topological polar surface area (TPSA) is 86.2 Å². The van der Waals surface area contributed by atoms with E-state index in [9.17, 15) is 14.0 Å². The second-order valence-corrected chi connectivity index (χ2v) is 6.93. The maximum absolute atomic E-state index is 13.1. The molecule has 0 unspecified atom stereocenters. The third kappa shape index (κ3) is 7.17. The third-order valence-corrected chi connectivity index (χ3v) is 4.34. The second-order valence-electron chi connectivity index (χ2n) is 6.93. The van der Waals surface area contributed by atoms with Gasteiger partial charge in [0.1, 0.15) is 11.6 Å². The van der Waals surface area contributed by atoms with Gasteiger partial charge in [0.05, 0.1) is 18.4 Å². The molecular formula is C25H23FN2O5. The summed E-state index contributed by atoms with van der Waals surface area (Å²) in [6.07, 6.45) is 1.43. The second kappa shape index (κ2) is 11.4. The van der Waals surface area contributed by atoms with E-state index in [-0.39, 0.29) is 17.9 Å². The third-order valence-electron chi connectivity index (χ3n) is 4.34. The number of aryl methyl sites for hydroxylation is 1. The van der Waals surface area contributed by atoms with Crippen molar-refractivity contribution in [3.8, 4) is 17.2 Å². The van der Waals surface area contributed by atoms with Gasteiger partial charge in [-0.2, -0.15) is 5.10 Å². The number of nitrogens with one attached hydrogen (secondary N) is 1. The van der Waals surface area contributed by atoms with Gasteiger partial charge in [0, 0.05) is 0 Å². The van der Waals surface area contributed by atoms with Gasteiger partial charge in [-0.15, -0.1) is 0 Å². The fourth-order valence-electron chi connectivity index (χ4n) is 2.70. The van der Waals surface area contributed by atoms with E-state index in [0.29, 0.717) is 23.7 Å². The summed E-state index contributed by atoms with van der Waals surface area (Å²) in [7, 11) is 0. The van der Waals surface area contributed by atoms with Gasteiger partial charge in [0.25, 0.3) is 5.91 Å². The van der Waals surface area contributed by atoms with Gasteiger partial charge in [-0.25, -0.2) is 14.6 Å². The number of esters is 1. The molecule has 0 saturated heterocycles. The van der Waals surface area contributed by atoms with E-state index < -0.39 is 17.7 Å². The molecule has 33 heavy (non-hydrogen) atoms. The van der Waals surface area contributed by atoms with Crippen molar-refractivity contribution < 1.29 is 28.2 Å². The Labute approximate surface area is 190 Å². The van der Waals surface area contributed by atoms with Crippen LogP contribution in [-0.2, 0) is 4.79 Å². The highest BCUT2D eigenvalue weighted by Crippen LogP contribution is 2.29. The number of rotatable bonds is 9. The summed E-state index contributed by atoms with van der Waals surface area (Å²) in [4.78, 5) is 24.2. The Bertz CT molecular complexity index is 1130. The van der Waals surface area contributed by atoms with Gasteiger partial charge in [-0.1, -0.05) is 17.7 Å². The van der Waals surface area contributed by atoms with Gasteiger partial charge >= 0.3 is 5.97 Å². The molecule has 0 aromatic heterocycles. The highest BCUT2D eigenvalue weighted by molar-refractivity contribution is 5.91. The van der Waals surface area contributed by atoms with Crippen LogP contribution in [-0.4, -0.2) is 31.3 Å². The summed E-state index contributed by atoms with van der Waals surface area (Å²) in [5.74, 6) is -0.379. The first-order valence-electron chi connectivity index (χ1n) is 10.2. The van der Waals surface area contributed by atoms with Crippen LogP contribution in [0.1, 0.15) is 28.4 Å². The number of nitrogens with zero attached hydrogens (tertiary/aromatic N) is 1. The molecule has 3 rings (SSSR count). The standard InChI is InChI=1S/C25H23FN2O5/c1-3-31-23-14-18(6-13-22(23)33-25(30)19-7-9-20(26)10-8-19)15-27-28-24(29)16-32-21-11-4-17(2)5-12-21/h4-15H,3,16H2,1-2H3,(H,28,29)/b27-15-. The van der Waals surface area contributed by atoms with Crippen molar-refractivity contribution in [1.29, 1.82) is 0 Å². The zero-order valence-corrected chi connectivity index (χ0v) is 18.2. The fourth-order valence-corrected chi connectivity index (χ4v) is 2.70. The summed E-state index contributed by atoms with van der Waals surface area (Å²) in [5, 5.41) is 3.91. The van der Waals surface area contributed by atoms with E-state index in [0.717, 1.165) is 5.56 Å². The van der Waals surface area contributed by atoms with Gasteiger partial charge in [0.15, 0.2) is 18.1 Å². The summed E-state index contributed by atoms with van der Waals surface area (Å²) in [6.45, 7) is 3.92. The van der Waals surface area contributed by atoms with Crippen LogP contribution in [0.5, 0.6) is 17.2 Å². The maximum atomic E-state index is 13.1. The summed E-state index contributed by atoms with van der Waals surface area (Å²) in [5.41, 5.74) is 4.30. The van der Waals surface area contributed by atoms with Crippen LogP contribution in [0, 0.1) is 12.7 Å². The van der Waals surface area contributed by atoms with Gasteiger partial charge in [0.2, 0.25) is 0 Å². The first kappa shape index (κ1) is 23.5. The normalized spacial score (nSPS) is 10.6. The van der Waals surface area contributed by atoms with Crippen molar-refractivity contribution in [1.82, 2.24) is 5.43 Å². The quantitative estimate of drug-likeness (QED) is 0.228. The van der Waals surface area contributed by atoms with Crippen molar-refractivity contribution in [2.75, 3.05) is 13.2 Å². The van der Waals surface area contributed by atoms with Gasteiger partial charge in [-0.05, 0) is 74.0 Å².